The van der Waals surface area contributed by atoms with Gasteiger partial charge in [0.2, 0.25) is 5.69 Å². The summed E-state index contributed by atoms with van der Waals surface area (Å²) in [6, 6.07) is 8.11. The van der Waals surface area contributed by atoms with Gasteiger partial charge in [-0.1, -0.05) is 0 Å². The van der Waals surface area contributed by atoms with Crippen LogP contribution in [-0.4, -0.2) is 17.3 Å². The summed E-state index contributed by atoms with van der Waals surface area (Å²) in [4.78, 5) is 0. The van der Waals surface area contributed by atoms with Crippen LogP contribution in [0.15, 0.2) is 18.2 Å². The van der Waals surface area contributed by atoms with Crippen molar-refractivity contribution in [2.24, 2.45) is 0 Å². The topological polar surface area (TPSA) is 26.8 Å². The molecule has 1 heterocycles. The summed E-state index contributed by atoms with van der Waals surface area (Å²) in [5, 5.41) is 8.90. The van der Waals surface area contributed by atoms with Crippen LogP contribution < -0.4 is 24.0 Å². The van der Waals surface area contributed by atoms with Gasteiger partial charge in [0.25, 0.3) is 0 Å². The Kier molecular flexibility index (Phi) is 3.44. The lowest BCUT2D eigenvalue weighted by molar-refractivity contribution is -0.403. The zero-order chi connectivity index (χ0) is 11.2. The maximum Gasteiger partial charge on any atom is 0.209 e. The molecule has 2 rings (SSSR count). The lowest BCUT2D eigenvalue weighted by Crippen LogP contribution is -3.00. The van der Waals surface area contributed by atoms with Crippen molar-refractivity contribution in [1.29, 1.82) is 5.26 Å². The summed E-state index contributed by atoms with van der Waals surface area (Å²) in [7, 11) is 2.08. The number of hydrogen-bond acceptors (Lipinski definition) is 1. The highest BCUT2D eigenvalue weighted by Crippen LogP contribution is 2.38. The molecule has 0 aliphatic carbocycles. The molecular weight excluding hydrogens is 311 g/mol. The largest absolute Gasteiger partial charge is 1.00 e. The lowest BCUT2D eigenvalue weighted by atomic mass is 9.82. The van der Waals surface area contributed by atoms with Gasteiger partial charge in [0, 0.05) is 18.6 Å². The minimum Gasteiger partial charge on any atom is -1.00 e. The first-order chi connectivity index (χ1) is 6.98. The molecule has 0 atom stereocenters. The van der Waals surface area contributed by atoms with E-state index >= 15 is 0 Å². The van der Waals surface area contributed by atoms with Crippen molar-refractivity contribution in [3.05, 3.63) is 29.3 Å². The fourth-order valence-electron chi connectivity index (χ4n) is 2.19. The van der Waals surface area contributed by atoms with E-state index in [0.717, 1.165) is 5.56 Å². The molecule has 3 heteroatoms. The molecule has 0 aromatic heterocycles. The maximum absolute atomic E-state index is 8.90. The van der Waals surface area contributed by atoms with Gasteiger partial charge in [-0.15, -0.1) is 0 Å². The van der Waals surface area contributed by atoms with Crippen LogP contribution in [0.5, 0.6) is 0 Å². The third-order valence-electron chi connectivity index (χ3n) is 3.57. The molecule has 0 bridgehead atoms. The Balaban J connectivity index is 0.00000128. The fourth-order valence-corrected chi connectivity index (χ4v) is 2.19. The average molecular weight is 326 g/mol. The average Bonchev–Trinajstić information content (AvgIpc) is 2.40. The van der Waals surface area contributed by atoms with Gasteiger partial charge in [-0.05, 0) is 26.0 Å². The fraction of sp³-hybridized carbons (Fsp3) is 0.385. The van der Waals surface area contributed by atoms with Crippen LogP contribution in [0.4, 0.5) is 5.69 Å². The van der Waals surface area contributed by atoms with E-state index in [0.29, 0.717) is 0 Å². The molecule has 0 fully saturated rings. The molecule has 1 aliphatic rings. The number of hydrogen-bond donors (Lipinski definition) is 0. The molecule has 0 saturated heterocycles. The van der Waals surface area contributed by atoms with Gasteiger partial charge in [0.05, 0.1) is 17.0 Å². The van der Waals surface area contributed by atoms with E-state index in [2.05, 4.69) is 38.5 Å². The van der Waals surface area contributed by atoms with E-state index in [1.165, 1.54) is 17.0 Å². The molecule has 1 aromatic rings. The summed E-state index contributed by atoms with van der Waals surface area (Å²) in [5.74, 6) is 0. The molecule has 84 valence electrons. The third-order valence-corrected chi connectivity index (χ3v) is 3.57. The quantitative estimate of drug-likeness (QED) is 0.470. The predicted molar refractivity (Wildman–Crippen MR) is 60.7 cm³/mol. The first-order valence-corrected chi connectivity index (χ1v) is 5.11. The Morgan fingerprint density at radius 2 is 1.94 bits per heavy atom. The molecule has 0 amide bonds. The lowest BCUT2D eigenvalue weighted by Gasteiger charge is -2.14. The van der Waals surface area contributed by atoms with Crippen molar-refractivity contribution in [2.45, 2.75) is 26.2 Å². The SMILES string of the molecule is CC1=[N+](C)c2ccc(C#N)cc2C1(C)C.[I-]. The standard InChI is InChI=1S/C13H15N2.HI/c1-9-13(2,3)11-7-10(8-14)5-6-12(11)15(9)4;/h5-7H,1-4H3;1H/q+1;/p-1. The van der Waals surface area contributed by atoms with Gasteiger partial charge >= 0.3 is 0 Å². The van der Waals surface area contributed by atoms with Crippen molar-refractivity contribution in [3.8, 4) is 6.07 Å². The van der Waals surface area contributed by atoms with Crippen molar-refractivity contribution in [2.75, 3.05) is 7.05 Å². The zero-order valence-electron chi connectivity index (χ0n) is 10.0. The van der Waals surface area contributed by atoms with Gasteiger partial charge < -0.3 is 24.0 Å². The molecule has 1 aliphatic heterocycles. The van der Waals surface area contributed by atoms with E-state index in [4.69, 9.17) is 5.26 Å². The van der Waals surface area contributed by atoms with Crippen LogP contribution >= 0.6 is 0 Å². The van der Waals surface area contributed by atoms with Gasteiger partial charge in [-0.3, -0.25) is 0 Å². The first-order valence-electron chi connectivity index (χ1n) is 5.11. The smallest absolute Gasteiger partial charge is 0.209 e. The number of nitrogens with zero attached hydrogens (tertiary/aromatic N) is 2. The highest BCUT2D eigenvalue weighted by molar-refractivity contribution is 5.93. The number of nitriles is 1. The maximum atomic E-state index is 8.90. The van der Waals surface area contributed by atoms with Crippen LogP contribution in [0.2, 0.25) is 0 Å². The Labute approximate surface area is 114 Å². The molecule has 1 aromatic carbocycles. The summed E-state index contributed by atoms with van der Waals surface area (Å²) < 4.78 is 2.20. The van der Waals surface area contributed by atoms with Crippen LogP contribution in [0.3, 0.4) is 0 Å². The summed E-state index contributed by atoms with van der Waals surface area (Å²) in [6.07, 6.45) is 0. The number of benzene rings is 1. The Morgan fingerprint density at radius 3 is 2.50 bits per heavy atom. The highest BCUT2D eigenvalue weighted by atomic mass is 127. The molecular formula is C13H15IN2. The molecule has 0 N–H and O–H groups in total. The van der Waals surface area contributed by atoms with Crippen molar-refractivity contribution in [3.63, 3.8) is 0 Å². The second-order valence-electron chi connectivity index (χ2n) is 4.61. The summed E-state index contributed by atoms with van der Waals surface area (Å²) >= 11 is 0. The predicted octanol–water partition coefficient (Wildman–Crippen LogP) is -0.412. The van der Waals surface area contributed by atoms with Gasteiger partial charge in [0.15, 0.2) is 5.71 Å². The Bertz CT molecular complexity index is 507. The Hall–Kier alpha value is -0.890. The van der Waals surface area contributed by atoms with Crippen LogP contribution in [0.1, 0.15) is 31.9 Å². The highest BCUT2D eigenvalue weighted by Gasteiger charge is 2.41. The molecule has 16 heavy (non-hydrogen) atoms. The minimum absolute atomic E-state index is 0. The molecule has 2 nitrogen and oxygen atoms in total. The second kappa shape index (κ2) is 4.17. The monoisotopic (exact) mass is 326 g/mol. The molecule has 0 saturated carbocycles. The summed E-state index contributed by atoms with van der Waals surface area (Å²) in [6.45, 7) is 6.55. The van der Waals surface area contributed by atoms with E-state index < -0.39 is 0 Å². The zero-order valence-corrected chi connectivity index (χ0v) is 12.2. The molecule has 0 spiro atoms. The van der Waals surface area contributed by atoms with Crippen LogP contribution in [0, 0.1) is 11.3 Å². The number of fused-ring (bicyclic) bond motifs is 1. The van der Waals surface area contributed by atoms with E-state index in [1.54, 1.807) is 0 Å². The van der Waals surface area contributed by atoms with Gasteiger partial charge in [0.1, 0.15) is 7.05 Å². The van der Waals surface area contributed by atoms with E-state index in [9.17, 15) is 0 Å². The molecule has 0 unspecified atom stereocenters. The van der Waals surface area contributed by atoms with Crippen LogP contribution in [-0.2, 0) is 5.41 Å². The molecule has 0 radical (unpaired) electrons. The van der Waals surface area contributed by atoms with Crippen molar-refractivity contribution in [1.82, 2.24) is 0 Å². The number of rotatable bonds is 0. The Morgan fingerprint density at radius 1 is 1.31 bits per heavy atom. The number of halogens is 1. The van der Waals surface area contributed by atoms with Crippen molar-refractivity contribution >= 4 is 11.4 Å². The van der Waals surface area contributed by atoms with Crippen molar-refractivity contribution < 1.29 is 28.6 Å². The minimum atomic E-state index is 0. The van der Waals surface area contributed by atoms with E-state index in [1.807, 2.05) is 18.2 Å². The first kappa shape index (κ1) is 13.2. The van der Waals surface area contributed by atoms with Gasteiger partial charge in [-0.2, -0.15) is 5.26 Å². The second-order valence-corrected chi connectivity index (χ2v) is 4.61. The third kappa shape index (κ3) is 1.65. The van der Waals surface area contributed by atoms with Gasteiger partial charge in [-0.25, -0.2) is 4.58 Å². The van der Waals surface area contributed by atoms with E-state index in [-0.39, 0.29) is 29.4 Å². The summed E-state index contributed by atoms with van der Waals surface area (Å²) in [5.41, 5.74) is 4.58. The normalized spacial score (nSPS) is 16.4. The van der Waals surface area contributed by atoms with Crippen LogP contribution in [0.25, 0.3) is 0 Å².